The van der Waals surface area contributed by atoms with Gasteiger partial charge in [0, 0.05) is 18.7 Å². The van der Waals surface area contributed by atoms with Gasteiger partial charge in [0.2, 0.25) is 0 Å². The van der Waals surface area contributed by atoms with Crippen LogP contribution in [0.4, 0.5) is 0 Å². The summed E-state index contributed by atoms with van der Waals surface area (Å²) in [7, 11) is 0. The summed E-state index contributed by atoms with van der Waals surface area (Å²) in [6.07, 6.45) is 2.55. The van der Waals surface area contributed by atoms with E-state index < -0.39 is 0 Å². The van der Waals surface area contributed by atoms with Crippen LogP contribution >= 0.6 is 12.4 Å². The first-order valence-corrected chi connectivity index (χ1v) is 8.02. The number of halogens is 1. The van der Waals surface area contributed by atoms with E-state index in [1.807, 2.05) is 6.07 Å². The van der Waals surface area contributed by atoms with Gasteiger partial charge in [0.05, 0.1) is 23.6 Å². The fourth-order valence-electron chi connectivity index (χ4n) is 2.77. The molecule has 130 valence electrons. The molecule has 3 aromatic rings. The van der Waals surface area contributed by atoms with E-state index in [4.69, 9.17) is 13.6 Å². The zero-order valence-electron chi connectivity index (χ0n) is 13.9. The molecular weight excluding hydrogens is 330 g/mol. The van der Waals surface area contributed by atoms with E-state index >= 15 is 0 Å². The second-order valence-electron chi connectivity index (χ2n) is 5.43. The molecule has 0 fully saturated rings. The number of benzene rings is 1. The molecule has 0 spiro atoms. The SMILES string of the molecule is CCN(CC)CCCOc1c2ccoc2cc2oc(=O)ccc12.Cl. The van der Waals surface area contributed by atoms with Crippen molar-refractivity contribution in [2.45, 2.75) is 20.3 Å². The Balaban J connectivity index is 0.00000208. The van der Waals surface area contributed by atoms with Crippen molar-refractivity contribution in [1.82, 2.24) is 4.90 Å². The minimum atomic E-state index is -0.379. The minimum absolute atomic E-state index is 0. The maximum Gasteiger partial charge on any atom is 0.336 e. The highest BCUT2D eigenvalue weighted by Gasteiger charge is 2.13. The van der Waals surface area contributed by atoms with Crippen LogP contribution in [0.2, 0.25) is 0 Å². The molecule has 3 rings (SSSR count). The Morgan fingerprint density at radius 1 is 1.08 bits per heavy atom. The molecule has 0 aliphatic heterocycles. The molecular formula is C18H22ClNO4. The van der Waals surface area contributed by atoms with Crippen molar-refractivity contribution in [2.24, 2.45) is 0 Å². The number of rotatable bonds is 7. The quantitative estimate of drug-likeness (QED) is 0.474. The van der Waals surface area contributed by atoms with Gasteiger partial charge in [-0.2, -0.15) is 0 Å². The van der Waals surface area contributed by atoms with Crippen LogP contribution in [0.15, 0.2) is 44.2 Å². The summed E-state index contributed by atoms with van der Waals surface area (Å²) < 4.78 is 16.7. The predicted molar refractivity (Wildman–Crippen MR) is 97.4 cm³/mol. The number of furan rings is 1. The largest absolute Gasteiger partial charge is 0.492 e. The van der Waals surface area contributed by atoms with Gasteiger partial charge in [-0.1, -0.05) is 13.8 Å². The highest BCUT2D eigenvalue weighted by molar-refractivity contribution is 6.01. The summed E-state index contributed by atoms with van der Waals surface area (Å²) in [6.45, 7) is 8.01. The molecule has 0 atom stereocenters. The number of ether oxygens (including phenoxy) is 1. The van der Waals surface area contributed by atoms with E-state index in [0.717, 1.165) is 42.6 Å². The fourth-order valence-corrected chi connectivity index (χ4v) is 2.77. The molecule has 0 aliphatic rings. The molecule has 24 heavy (non-hydrogen) atoms. The average Bonchev–Trinajstić information content (AvgIpc) is 3.02. The van der Waals surface area contributed by atoms with Crippen LogP contribution < -0.4 is 10.4 Å². The molecule has 0 unspecified atom stereocenters. The van der Waals surface area contributed by atoms with Crippen LogP contribution in [0.5, 0.6) is 5.75 Å². The van der Waals surface area contributed by atoms with E-state index in [2.05, 4.69) is 18.7 Å². The van der Waals surface area contributed by atoms with E-state index in [0.29, 0.717) is 17.8 Å². The van der Waals surface area contributed by atoms with Crippen molar-refractivity contribution in [3.63, 3.8) is 0 Å². The monoisotopic (exact) mass is 351 g/mol. The average molecular weight is 352 g/mol. The number of fused-ring (bicyclic) bond motifs is 2. The van der Waals surface area contributed by atoms with Gasteiger partial charge >= 0.3 is 5.63 Å². The smallest absolute Gasteiger partial charge is 0.336 e. The van der Waals surface area contributed by atoms with Crippen LogP contribution in [-0.2, 0) is 0 Å². The van der Waals surface area contributed by atoms with E-state index in [1.165, 1.54) is 6.07 Å². The summed E-state index contributed by atoms with van der Waals surface area (Å²) in [4.78, 5) is 13.8. The Morgan fingerprint density at radius 2 is 1.83 bits per heavy atom. The zero-order valence-corrected chi connectivity index (χ0v) is 14.7. The Labute approximate surface area is 146 Å². The Hall–Kier alpha value is -1.98. The first-order chi connectivity index (χ1) is 11.2. The maximum absolute atomic E-state index is 11.4. The third kappa shape index (κ3) is 3.74. The van der Waals surface area contributed by atoms with Crippen LogP contribution in [0, 0.1) is 0 Å². The Morgan fingerprint density at radius 3 is 2.58 bits per heavy atom. The second-order valence-corrected chi connectivity index (χ2v) is 5.43. The van der Waals surface area contributed by atoms with Crippen LogP contribution in [0.3, 0.4) is 0 Å². The third-order valence-electron chi connectivity index (χ3n) is 4.07. The highest BCUT2D eigenvalue weighted by Crippen LogP contribution is 2.35. The molecule has 0 saturated heterocycles. The van der Waals surface area contributed by atoms with Gasteiger partial charge in [-0.15, -0.1) is 12.4 Å². The second kappa shape index (κ2) is 8.22. The summed E-state index contributed by atoms with van der Waals surface area (Å²) in [5.74, 6) is 0.717. The van der Waals surface area contributed by atoms with Gasteiger partial charge in [0.25, 0.3) is 0 Å². The normalized spacial score (nSPS) is 11.1. The number of hydrogen-bond acceptors (Lipinski definition) is 5. The molecule has 0 radical (unpaired) electrons. The Bertz CT molecular complexity index is 851. The van der Waals surface area contributed by atoms with Crippen LogP contribution in [-0.4, -0.2) is 31.1 Å². The lowest BCUT2D eigenvalue weighted by molar-refractivity contribution is 0.252. The lowest BCUT2D eigenvalue weighted by Gasteiger charge is -2.18. The van der Waals surface area contributed by atoms with Crippen molar-refractivity contribution in [3.05, 3.63) is 40.9 Å². The van der Waals surface area contributed by atoms with Crippen molar-refractivity contribution >= 4 is 34.3 Å². The van der Waals surface area contributed by atoms with Crippen LogP contribution in [0.1, 0.15) is 20.3 Å². The molecule has 0 bridgehead atoms. The lowest BCUT2D eigenvalue weighted by Crippen LogP contribution is -2.25. The van der Waals surface area contributed by atoms with Crippen molar-refractivity contribution in [2.75, 3.05) is 26.2 Å². The van der Waals surface area contributed by atoms with Gasteiger partial charge in [-0.25, -0.2) is 4.79 Å². The maximum atomic E-state index is 11.4. The van der Waals surface area contributed by atoms with Gasteiger partial charge < -0.3 is 18.5 Å². The number of nitrogens with zero attached hydrogens (tertiary/aromatic N) is 1. The lowest BCUT2D eigenvalue weighted by atomic mass is 10.1. The molecule has 6 heteroatoms. The van der Waals surface area contributed by atoms with Gasteiger partial charge in [-0.3, -0.25) is 0 Å². The standard InChI is InChI=1S/C18H21NO4.ClH/c1-3-19(4-2)9-5-10-22-18-13-6-7-17(20)23-16(13)12-15-14(18)8-11-21-15;/h6-8,11-12H,3-5,9-10H2,1-2H3;1H. The molecule has 0 saturated carbocycles. The summed E-state index contributed by atoms with van der Waals surface area (Å²) in [6, 6.07) is 6.76. The van der Waals surface area contributed by atoms with Crippen LogP contribution in [0.25, 0.3) is 21.9 Å². The highest BCUT2D eigenvalue weighted by atomic mass is 35.5. The molecule has 1 aromatic carbocycles. The van der Waals surface area contributed by atoms with Gasteiger partial charge in [0.1, 0.15) is 16.9 Å². The molecule has 0 amide bonds. The number of hydrogen-bond donors (Lipinski definition) is 0. The molecule has 0 aliphatic carbocycles. The molecule has 5 nitrogen and oxygen atoms in total. The minimum Gasteiger partial charge on any atom is -0.492 e. The first-order valence-electron chi connectivity index (χ1n) is 8.02. The van der Waals surface area contributed by atoms with Crippen molar-refractivity contribution in [3.8, 4) is 5.75 Å². The summed E-state index contributed by atoms with van der Waals surface area (Å²) in [5, 5.41) is 1.69. The topological polar surface area (TPSA) is 55.8 Å². The summed E-state index contributed by atoms with van der Waals surface area (Å²) in [5.41, 5.74) is 0.764. The van der Waals surface area contributed by atoms with Crippen molar-refractivity contribution in [1.29, 1.82) is 0 Å². The fraction of sp³-hybridized carbons (Fsp3) is 0.389. The van der Waals surface area contributed by atoms with Crippen molar-refractivity contribution < 1.29 is 13.6 Å². The molecule has 2 heterocycles. The Kier molecular flexibility index (Phi) is 6.29. The molecule has 2 aromatic heterocycles. The predicted octanol–water partition coefficient (Wildman–Crippen LogP) is 4.07. The van der Waals surface area contributed by atoms with E-state index in [9.17, 15) is 4.79 Å². The summed E-state index contributed by atoms with van der Waals surface area (Å²) >= 11 is 0. The van der Waals surface area contributed by atoms with E-state index in [1.54, 1.807) is 18.4 Å². The van der Waals surface area contributed by atoms with Gasteiger partial charge in [0.15, 0.2) is 0 Å². The van der Waals surface area contributed by atoms with Gasteiger partial charge in [-0.05, 0) is 31.6 Å². The molecule has 0 N–H and O–H groups in total. The third-order valence-corrected chi connectivity index (χ3v) is 4.07. The zero-order chi connectivity index (χ0) is 16.2. The van der Waals surface area contributed by atoms with E-state index in [-0.39, 0.29) is 18.0 Å². The first kappa shape index (κ1) is 18.4.